The highest BCUT2D eigenvalue weighted by molar-refractivity contribution is 7.84. The summed E-state index contributed by atoms with van der Waals surface area (Å²) in [6.45, 7) is 1.99. The summed E-state index contributed by atoms with van der Waals surface area (Å²) < 4.78 is 23.7. The number of anilines is 1. The van der Waals surface area contributed by atoms with Crippen LogP contribution in [-0.2, 0) is 23.0 Å². The van der Waals surface area contributed by atoms with Gasteiger partial charge < -0.3 is 14.8 Å². The van der Waals surface area contributed by atoms with Gasteiger partial charge in [-0.1, -0.05) is 13.0 Å². The van der Waals surface area contributed by atoms with E-state index in [9.17, 15) is 9.00 Å². The predicted octanol–water partition coefficient (Wildman–Crippen LogP) is 3.62. The quantitative estimate of drug-likeness (QED) is 0.593. The highest BCUT2D eigenvalue weighted by atomic mass is 32.2. The molecule has 7 nitrogen and oxygen atoms in total. The van der Waals surface area contributed by atoms with Gasteiger partial charge in [0, 0.05) is 35.4 Å². The Kier molecular flexibility index (Phi) is 7.13. The molecule has 1 aromatic carbocycles. The van der Waals surface area contributed by atoms with Gasteiger partial charge in [-0.2, -0.15) is 0 Å². The third-order valence-electron chi connectivity index (χ3n) is 4.45. The van der Waals surface area contributed by atoms with Crippen LogP contribution in [0, 0.1) is 0 Å². The minimum absolute atomic E-state index is 0.152. The van der Waals surface area contributed by atoms with E-state index >= 15 is 0 Å². The average Bonchev–Trinajstić information content (AvgIpc) is 2.79. The maximum Gasteiger partial charge on any atom is 0.258 e. The zero-order valence-corrected chi connectivity index (χ0v) is 17.9. The fourth-order valence-electron chi connectivity index (χ4n) is 2.87. The Morgan fingerprint density at radius 1 is 1.07 bits per heavy atom. The molecule has 1 N–H and O–H groups in total. The average molecular weight is 426 g/mol. The van der Waals surface area contributed by atoms with E-state index in [1.165, 1.54) is 6.20 Å². The van der Waals surface area contributed by atoms with Gasteiger partial charge in [-0.15, -0.1) is 0 Å². The largest absolute Gasteiger partial charge is 0.497 e. The van der Waals surface area contributed by atoms with E-state index in [0.29, 0.717) is 17.2 Å². The molecule has 2 heterocycles. The van der Waals surface area contributed by atoms with Gasteiger partial charge in [0.1, 0.15) is 16.5 Å². The Morgan fingerprint density at radius 3 is 2.63 bits per heavy atom. The summed E-state index contributed by atoms with van der Waals surface area (Å²) in [4.78, 5) is 21.3. The normalized spacial score (nSPS) is 11.6. The molecule has 1 amide bonds. The lowest BCUT2D eigenvalue weighted by Gasteiger charge is -2.12. The molecule has 0 aliphatic carbocycles. The molecule has 0 saturated carbocycles. The van der Waals surface area contributed by atoms with Crippen molar-refractivity contribution in [1.82, 2.24) is 9.97 Å². The minimum Gasteiger partial charge on any atom is -0.497 e. The number of aromatic nitrogens is 2. The molecule has 0 bridgehead atoms. The molecule has 3 rings (SSSR count). The third kappa shape index (κ3) is 5.01. The predicted molar refractivity (Wildman–Crippen MR) is 115 cm³/mol. The first kappa shape index (κ1) is 21.4. The van der Waals surface area contributed by atoms with Crippen LogP contribution in [-0.4, -0.2) is 34.3 Å². The van der Waals surface area contributed by atoms with Crippen molar-refractivity contribution in [3.63, 3.8) is 0 Å². The highest BCUT2D eigenvalue weighted by Gasteiger charge is 2.19. The molecule has 0 aliphatic heterocycles. The Balaban J connectivity index is 1.84. The lowest BCUT2D eigenvalue weighted by atomic mass is 10.2. The first-order valence-corrected chi connectivity index (χ1v) is 10.7. The molecule has 0 fully saturated rings. The number of nitrogens with zero attached hydrogens (tertiary/aromatic N) is 2. The molecule has 0 saturated heterocycles. The fraction of sp³-hybridized carbons (Fsp3) is 0.227. The molecular weight excluding hydrogens is 402 g/mol. The number of rotatable bonds is 8. The van der Waals surface area contributed by atoms with Crippen LogP contribution in [0.3, 0.4) is 0 Å². The Morgan fingerprint density at radius 2 is 1.90 bits per heavy atom. The summed E-state index contributed by atoms with van der Waals surface area (Å²) in [5.41, 5.74) is 2.49. The van der Waals surface area contributed by atoms with Crippen molar-refractivity contribution in [1.29, 1.82) is 0 Å². The first-order valence-electron chi connectivity index (χ1n) is 9.36. The first-order chi connectivity index (χ1) is 14.5. The zero-order valence-electron chi connectivity index (χ0n) is 17.0. The van der Waals surface area contributed by atoms with E-state index in [0.717, 1.165) is 17.7 Å². The van der Waals surface area contributed by atoms with E-state index in [4.69, 9.17) is 9.47 Å². The Labute approximate surface area is 177 Å². The Hall–Kier alpha value is -3.26. The van der Waals surface area contributed by atoms with Gasteiger partial charge in [-0.25, -0.2) is 4.98 Å². The number of ether oxygens (including phenoxy) is 2. The van der Waals surface area contributed by atoms with Crippen LogP contribution in [0.4, 0.5) is 5.69 Å². The lowest BCUT2D eigenvalue weighted by Crippen LogP contribution is -2.16. The van der Waals surface area contributed by atoms with Gasteiger partial charge in [0.05, 0.1) is 36.3 Å². The smallest absolute Gasteiger partial charge is 0.258 e. The monoisotopic (exact) mass is 425 g/mol. The number of carbonyl (C=O) groups is 1. The van der Waals surface area contributed by atoms with Crippen molar-refractivity contribution in [2.75, 3.05) is 19.5 Å². The molecule has 3 aromatic rings. The molecule has 1 unspecified atom stereocenters. The van der Waals surface area contributed by atoms with Crippen molar-refractivity contribution in [3.8, 4) is 11.5 Å². The summed E-state index contributed by atoms with van der Waals surface area (Å²) in [6, 6.07) is 12.1. The number of amides is 1. The van der Waals surface area contributed by atoms with Gasteiger partial charge in [0.15, 0.2) is 0 Å². The summed E-state index contributed by atoms with van der Waals surface area (Å²) in [6.07, 6.45) is 3.93. The maximum atomic E-state index is 13.1. The van der Waals surface area contributed by atoms with Crippen LogP contribution in [0.15, 0.2) is 59.9 Å². The second kappa shape index (κ2) is 9.98. The van der Waals surface area contributed by atoms with Gasteiger partial charge in [0.25, 0.3) is 5.91 Å². The highest BCUT2D eigenvalue weighted by Crippen LogP contribution is 2.27. The van der Waals surface area contributed by atoms with Gasteiger partial charge in [-0.05, 0) is 36.8 Å². The van der Waals surface area contributed by atoms with Gasteiger partial charge in [0.2, 0.25) is 0 Å². The lowest BCUT2D eigenvalue weighted by molar-refractivity contribution is 0.102. The molecule has 0 spiro atoms. The summed E-state index contributed by atoms with van der Waals surface area (Å²) in [5, 5.41) is 3.06. The number of methoxy groups -OCH3 is 2. The van der Waals surface area contributed by atoms with Crippen molar-refractivity contribution in [2.24, 2.45) is 0 Å². The maximum absolute atomic E-state index is 13.1. The van der Waals surface area contributed by atoms with Crippen molar-refractivity contribution in [3.05, 3.63) is 71.7 Å². The van der Waals surface area contributed by atoms with Gasteiger partial charge in [-0.3, -0.25) is 14.0 Å². The van der Waals surface area contributed by atoms with Crippen LogP contribution in [0.2, 0.25) is 0 Å². The summed E-state index contributed by atoms with van der Waals surface area (Å²) >= 11 is 0. The van der Waals surface area contributed by atoms with Crippen LogP contribution >= 0.6 is 0 Å². The van der Waals surface area contributed by atoms with E-state index in [-0.39, 0.29) is 22.2 Å². The fourth-order valence-corrected chi connectivity index (χ4v) is 4.12. The summed E-state index contributed by atoms with van der Waals surface area (Å²) in [5.74, 6) is 0.984. The van der Waals surface area contributed by atoms with Gasteiger partial charge >= 0.3 is 0 Å². The number of hydrogen-bond acceptors (Lipinski definition) is 6. The van der Waals surface area contributed by atoms with Crippen LogP contribution in [0.5, 0.6) is 11.5 Å². The van der Waals surface area contributed by atoms with Crippen LogP contribution in [0.25, 0.3) is 0 Å². The zero-order chi connectivity index (χ0) is 21.5. The molecule has 8 heteroatoms. The Bertz CT molecular complexity index is 1070. The number of aryl methyl sites for hydroxylation is 1. The van der Waals surface area contributed by atoms with E-state index in [2.05, 4.69) is 15.3 Å². The number of nitrogens with one attached hydrogen (secondary N) is 1. The van der Waals surface area contributed by atoms with E-state index in [1.54, 1.807) is 56.8 Å². The molecule has 156 valence electrons. The van der Waals surface area contributed by atoms with Crippen molar-refractivity contribution >= 4 is 22.4 Å². The molecule has 1 atom stereocenters. The third-order valence-corrected chi connectivity index (χ3v) is 5.78. The second-order valence-corrected chi connectivity index (χ2v) is 7.73. The topological polar surface area (TPSA) is 90.4 Å². The number of benzene rings is 1. The van der Waals surface area contributed by atoms with Crippen LogP contribution in [0.1, 0.15) is 28.5 Å². The molecule has 0 radical (unpaired) electrons. The molecule has 0 aliphatic rings. The number of carbonyl (C=O) groups excluding carboxylic acids is 1. The van der Waals surface area contributed by atoms with E-state index in [1.807, 2.05) is 13.0 Å². The van der Waals surface area contributed by atoms with Crippen LogP contribution < -0.4 is 14.8 Å². The molecule has 2 aromatic heterocycles. The standard InChI is InChI=1S/C22H23N3O4S/c1-4-16-12-17(9-11-23-16)25-21(26)19-6-5-10-24-22(19)30(27)14-15-7-8-18(28-2)13-20(15)29-3/h5-13H,4,14H2,1-3H3,(H,23,25,26). The van der Waals surface area contributed by atoms with Crippen molar-refractivity contribution < 1.29 is 18.5 Å². The molecule has 30 heavy (non-hydrogen) atoms. The van der Waals surface area contributed by atoms with Crippen molar-refractivity contribution in [2.45, 2.75) is 24.1 Å². The number of hydrogen-bond donors (Lipinski definition) is 1. The van der Waals surface area contributed by atoms with E-state index < -0.39 is 10.8 Å². The number of pyridine rings is 2. The summed E-state index contributed by atoms with van der Waals surface area (Å²) in [7, 11) is 1.55. The second-order valence-electron chi connectivity index (χ2n) is 6.37. The molecular formula is C22H23N3O4S. The SMILES string of the molecule is CCc1cc(NC(=O)c2cccnc2S(=O)Cc2ccc(OC)cc2OC)ccn1. The minimum atomic E-state index is -1.56.